The molecule has 1 fully saturated rings. The fourth-order valence-electron chi connectivity index (χ4n) is 6.23. The molecule has 3 nitrogen and oxygen atoms in total. The van der Waals surface area contributed by atoms with Crippen LogP contribution in [0.1, 0.15) is 53.0 Å². The third-order valence-electron chi connectivity index (χ3n) is 7.67. The Morgan fingerprint density at radius 2 is 1.84 bits per heavy atom. The summed E-state index contributed by atoms with van der Waals surface area (Å²) in [6.07, 6.45) is 7.77. The SMILES string of the molecule is O=C(N1CCC(Cc2cccnc2)CC1)C12CC(c3ccccc31)c1ccc(Cl)cc12. The number of pyridine rings is 1. The number of carbonyl (C=O) groups excluding carboxylic acids is 1. The van der Waals surface area contributed by atoms with Gasteiger partial charge in [-0.1, -0.05) is 48.0 Å². The Morgan fingerprint density at radius 3 is 2.65 bits per heavy atom. The summed E-state index contributed by atoms with van der Waals surface area (Å²) in [7, 11) is 0. The number of rotatable bonds is 3. The maximum absolute atomic E-state index is 14.2. The molecule has 2 bridgehead atoms. The highest BCUT2D eigenvalue weighted by Gasteiger charge is 2.58. The number of piperidine rings is 1. The van der Waals surface area contributed by atoms with E-state index in [0.717, 1.165) is 44.3 Å². The van der Waals surface area contributed by atoms with Gasteiger partial charge in [-0.2, -0.15) is 0 Å². The maximum Gasteiger partial charge on any atom is 0.237 e. The lowest BCUT2D eigenvalue weighted by atomic mass is 9.73. The van der Waals surface area contributed by atoms with E-state index < -0.39 is 5.41 Å². The zero-order valence-electron chi connectivity index (χ0n) is 17.4. The summed E-state index contributed by atoms with van der Waals surface area (Å²) in [4.78, 5) is 20.5. The van der Waals surface area contributed by atoms with E-state index in [1.807, 2.05) is 30.6 Å². The molecule has 0 N–H and O–H groups in total. The molecule has 4 heteroatoms. The molecule has 31 heavy (non-hydrogen) atoms. The first kappa shape index (κ1) is 19.1. The smallest absolute Gasteiger partial charge is 0.237 e. The Morgan fingerprint density at radius 1 is 1.03 bits per heavy atom. The van der Waals surface area contributed by atoms with Crippen LogP contribution in [0.3, 0.4) is 0 Å². The van der Waals surface area contributed by atoms with Crippen LogP contribution in [-0.2, 0) is 16.6 Å². The Bertz CT molecular complexity index is 1150. The Balaban J connectivity index is 1.29. The van der Waals surface area contributed by atoms with Gasteiger partial charge in [0, 0.05) is 36.4 Å². The van der Waals surface area contributed by atoms with Crippen LogP contribution in [0.15, 0.2) is 67.0 Å². The number of hydrogen-bond donors (Lipinski definition) is 0. The van der Waals surface area contributed by atoms with Crippen molar-refractivity contribution in [2.24, 2.45) is 5.92 Å². The highest BCUT2D eigenvalue weighted by molar-refractivity contribution is 6.30. The molecule has 0 saturated carbocycles. The number of hydrogen-bond acceptors (Lipinski definition) is 2. The fraction of sp³-hybridized carbons (Fsp3) is 0.333. The van der Waals surface area contributed by atoms with Gasteiger partial charge in [-0.3, -0.25) is 9.78 Å². The van der Waals surface area contributed by atoms with Crippen LogP contribution in [0, 0.1) is 5.92 Å². The van der Waals surface area contributed by atoms with Gasteiger partial charge in [0.15, 0.2) is 0 Å². The summed E-state index contributed by atoms with van der Waals surface area (Å²) in [6.45, 7) is 1.66. The Labute approximate surface area is 188 Å². The van der Waals surface area contributed by atoms with E-state index in [-0.39, 0.29) is 5.91 Å². The first-order valence-electron chi connectivity index (χ1n) is 11.2. The van der Waals surface area contributed by atoms with Crippen LogP contribution in [0.4, 0.5) is 0 Å². The second-order valence-corrected chi connectivity index (χ2v) is 9.72. The minimum atomic E-state index is -0.572. The zero-order chi connectivity index (χ0) is 21.0. The molecular weight excluding hydrogens is 404 g/mol. The molecule has 2 atom stereocenters. The second-order valence-electron chi connectivity index (χ2n) is 9.28. The van der Waals surface area contributed by atoms with E-state index in [4.69, 9.17) is 11.6 Å². The monoisotopic (exact) mass is 428 g/mol. The summed E-state index contributed by atoms with van der Waals surface area (Å²) >= 11 is 6.41. The number of halogens is 1. The number of aromatic nitrogens is 1. The predicted octanol–water partition coefficient (Wildman–Crippen LogP) is 5.35. The minimum Gasteiger partial charge on any atom is -0.342 e. The lowest BCUT2D eigenvalue weighted by molar-refractivity contribution is -0.137. The molecule has 2 unspecified atom stereocenters. The van der Waals surface area contributed by atoms with E-state index in [9.17, 15) is 4.79 Å². The van der Waals surface area contributed by atoms with Crippen molar-refractivity contribution < 1.29 is 4.79 Å². The third kappa shape index (κ3) is 2.86. The average molecular weight is 429 g/mol. The van der Waals surface area contributed by atoms with Crippen LogP contribution in [0.2, 0.25) is 5.02 Å². The molecule has 156 valence electrons. The summed E-state index contributed by atoms with van der Waals surface area (Å²) in [5.41, 5.74) is 5.64. The lowest BCUT2D eigenvalue weighted by Gasteiger charge is -2.39. The van der Waals surface area contributed by atoms with Crippen molar-refractivity contribution >= 4 is 17.5 Å². The average Bonchev–Trinajstić information content (AvgIpc) is 3.33. The Hall–Kier alpha value is -2.65. The van der Waals surface area contributed by atoms with Gasteiger partial charge >= 0.3 is 0 Å². The molecule has 2 aliphatic carbocycles. The second kappa shape index (κ2) is 7.20. The number of benzene rings is 2. The van der Waals surface area contributed by atoms with Crippen LogP contribution < -0.4 is 0 Å². The van der Waals surface area contributed by atoms with Crippen LogP contribution in [0.25, 0.3) is 0 Å². The largest absolute Gasteiger partial charge is 0.342 e. The normalized spacial score (nSPS) is 24.2. The molecular formula is C27H25ClN2O. The standard InChI is InChI=1S/C27H25ClN2O/c28-20-7-8-22-23-16-27(25(22)15-20,24-6-2-1-5-21(23)24)26(31)30-12-9-18(10-13-30)14-19-4-3-11-29-17-19/h1-8,11,15,17-18,23H,9-10,12-14,16H2. The first-order chi connectivity index (χ1) is 15.2. The van der Waals surface area contributed by atoms with Gasteiger partial charge in [-0.05, 0) is 77.6 Å². The van der Waals surface area contributed by atoms with Crippen LogP contribution in [-0.4, -0.2) is 28.9 Å². The molecule has 0 spiro atoms. The van der Waals surface area contributed by atoms with Crippen LogP contribution >= 0.6 is 11.6 Å². The van der Waals surface area contributed by atoms with Crippen molar-refractivity contribution in [3.8, 4) is 0 Å². The molecule has 1 aromatic heterocycles. The van der Waals surface area contributed by atoms with Crippen LogP contribution in [0.5, 0.6) is 0 Å². The van der Waals surface area contributed by atoms with Crippen molar-refractivity contribution in [2.75, 3.05) is 13.1 Å². The van der Waals surface area contributed by atoms with Gasteiger partial charge in [-0.25, -0.2) is 0 Å². The molecule has 6 rings (SSSR count). The first-order valence-corrected chi connectivity index (χ1v) is 11.6. The third-order valence-corrected chi connectivity index (χ3v) is 7.91. The number of nitrogens with zero attached hydrogens (tertiary/aromatic N) is 2. The summed E-state index contributed by atoms with van der Waals surface area (Å²) in [5.74, 6) is 1.18. The lowest BCUT2D eigenvalue weighted by Crippen LogP contribution is -2.49. The predicted molar refractivity (Wildman–Crippen MR) is 122 cm³/mol. The molecule has 3 aliphatic rings. The number of amides is 1. The van der Waals surface area contributed by atoms with Gasteiger partial charge < -0.3 is 4.90 Å². The van der Waals surface area contributed by atoms with E-state index >= 15 is 0 Å². The van der Waals surface area contributed by atoms with E-state index in [0.29, 0.717) is 16.9 Å². The highest BCUT2D eigenvalue weighted by atomic mass is 35.5. The maximum atomic E-state index is 14.2. The van der Waals surface area contributed by atoms with Gasteiger partial charge in [0.25, 0.3) is 0 Å². The van der Waals surface area contributed by atoms with Crippen molar-refractivity contribution in [2.45, 2.75) is 37.0 Å². The van der Waals surface area contributed by atoms with Crippen molar-refractivity contribution in [3.63, 3.8) is 0 Å². The van der Waals surface area contributed by atoms with E-state index in [1.165, 1.54) is 22.3 Å². The van der Waals surface area contributed by atoms with Gasteiger partial charge in [0.2, 0.25) is 5.91 Å². The minimum absolute atomic E-state index is 0.267. The van der Waals surface area contributed by atoms with E-state index in [2.05, 4.69) is 46.3 Å². The van der Waals surface area contributed by atoms with Gasteiger partial charge in [0.1, 0.15) is 5.41 Å². The fourth-order valence-corrected chi connectivity index (χ4v) is 6.40. The summed E-state index contributed by atoms with van der Waals surface area (Å²) in [5, 5.41) is 0.714. The number of likely N-dealkylation sites (tertiary alicyclic amines) is 1. The molecule has 1 saturated heterocycles. The van der Waals surface area contributed by atoms with Gasteiger partial charge in [0.05, 0.1) is 0 Å². The molecule has 1 aliphatic heterocycles. The Kier molecular flexibility index (Phi) is 4.43. The van der Waals surface area contributed by atoms with Crippen molar-refractivity contribution in [1.29, 1.82) is 0 Å². The van der Waals surface area contributed by atoms with E-state index in [1.54, 1.807) is 0 Å². The highest BCUT2D eigenvalue weighted by Crippen LogP contribution is 2.61. The summed E-state index contributed by atoms with van der Waals surface area (Å²) in [6, 6.07) is 18.8. The molecule has 2 heterocycles. The molecule has 1 amide bonds. The zero-order valence-corrected chi connectivity index (χ0v) is 18.2. The molecule has 0 radical (unpaired) electrons. The quantitative estimate of drug-likeness (QED) is 0.563. The number of fused-ring (bicyclic) bond motifs is 8. The topological polar surface area (TPSA) is 33.2 Å². The van der Waals surface area contributed by atoms with Gasteiger partial charge in [-0.15, -0.1) is 0 Å². The molecule has 3 aromatic rings. The van der Waals surface area contributed by atoms with Crippen molar-refractivity contribution in [3.05, 3.63) is 99.8 Å². The van der Waals surface area contributed by atoms with Crippen molar-refractivity contribution in [1.82, 2.24) is 9.88 Å². The molecule has 2 aromatic carbocycles. The number of carbonyl (C=O) groups is 1. The summed E-state index contributed by atoms with van der Waals surface area (Å²) < 4.78 is 0.